The monoisotopic (exact) mass is 267 g/mol. The van der Waals surface area contributed by atoms with Gasteiger partial charge in [-0.05, 0) is 45.4 Å². The molecular weight excluding hydrogens is 246 g/mol. The Morgan fingerprint density at radius 2 is 2.05 bits per heavy atom. The van der Waals surface area contributed by atoms with Crippen LogP contribution < -0.4 is 5.73 Å². The lowest BCUT2D eigenvalue weighted by Crippen LogP contribution is -2.22. The molecule has 2 rings (SSSR count). The topological polar surface area (TPSA) is 97.3 Å². The number of rotatable bonds is 7. The Hall–Kier alpha value is -1.47. The van der Waals surface area contributed by atoms with Crippen molar-refractivity contribution in [1.29, 1.82) is 0 Å². The van der Waals surface area contributed by atoms with Crippen molar-refractivity contribution in [3.8, 4) is 0 Å². The van der Waals surface area contributed by atoms with E-state index >= 15 is 0 Å². The first-order chi connectivity index (χ1) is 9.22. The molecule has 3 N–H and O–H groups in total. The summed E-state index contributed by atoms with van der Waals surface area (Å²) in [5, 5.41) is 16.7. The summed E-state index contributed by atoms with van der Waals surface area (Å²) in [4.78, 5) is 13.5. The number of aromatic carboxylic acids is 1. The van der Waals surface area contributed by atoms with Crippen molar-refractivity contribution in [2.24, 2.45) is 5.73 Å². The summed E-state index contributed by atoms with van der Waals surface area (Å²) in [6.45, 7) is 4.48. The highest BCUT2D eigenvalue weighted by atomic mass is 16.4. The van der Waals surface area contributed by atoms with Gasteiger partial charge in [0, 0.05) is 13.0 Å². The number of carboxylic acids is 1. The summed E-state index contributed by atoms with van der Waals surface area (Å²) in [7, 11) is 0. The van der Waals surface area contributed by atoms with Gasteiger partial charge in [0.1, 0.15) is 0 Å². The van der Waals surface area contributed by atoms with Crippen LogP contribution in [-0.2, 0) is 13.0 Å². The predicted molar refractivity (Wildman–Crippen MR) is 70.0 cm³/mol. The Balaban J connectivity index is 1.92. The Morgan fingerprint density at radius 1 is 1.32 bits per heavy atom. The number of carbonyl (C=O) groups is 1. The molecule has 0 aliphatic carbocycles. The second-order valence-electron chi connectivity index (χ2n) is 4.85. The minimum Gasteiger partial charge on any atom is -0.476 e. The molecule has 7 heteroatoms. The van der Waals surface area contributed by atoms with E-state index < -0.39 is 5.97 Å². The van der Waals surface area contributed by atoms with Crippen molar-refractivity contribution in [2.45, 2.75) is 32.2 Å². The molecule has 0 atom stereocenters. The van der Waals surface area contributed by atoms with E-state index in [9.17, 15) is 4.79 Å². The number of likely N-dealkylation sites (tertiary alicyclic amines) is 1. The van der Waals surface area contributed by atoms with Crippen LogP contribution in [-0.4, -0.2) is 57.1 Å². The van der Waals surface area contributed by atoms with Crippen LogP contribution in [0.1, 0.15) is 35.4 Å². The third-order valence-corrected chi connectivity index (χ3v) is 3.46. The molecule has 1 aromatic rings. The highest BCUT2D eigenvalue weighted by Gasteiger charge is 2.18. The Bertz CT molecular complexity index is 426. The molecule has 0 bridgehead atoms. The van der Waals surface area contributed by atoms with Gasteiger partial charge in [-0.2, -0.15) is 0 Å². The molecule has 1 aliphatic rings. The van der Waals surface area contributed by atoms with Gasteiger partial charge in [0.2, 0.25) is 0 Å². The number of nitrogens with two attached hydrogens (primary N) is 1. The van der Waals surface area contributed by atoms with E-state index in [1.54, 1.807) is 4.68 Å². The Kier molecular flexibility index (Phi) is 4.86. The maximum absolute atomic E-state index is 11.0. The minimum absolute atomic E-state index is 0.0339. The summed E-state index contributed by atoms with van der Waals surface area (Å²) in [5.74, 6) is -1.03. The minimum atomic E-state index is -1.03. The van der Waals surface area contributed by atoms with Gasteiger partial charge in [0.05, 0.1) is 5.69 Å². The first-order valence-corrected chi connectivity index (χ1v) is 6.80. The smallest absolute Gasteiger partial charge is 0.358 e. The molecule has 0 aromatic carbocycles. The number of hydrogen-bond donors (Lipinski definition) is 2. The average molecular weight is 267 g/mol. The fourth-order valence-corrected chi connectivity index (χ4v) is 2.51. The SMILES string of the molecule is NCCc1c(C(=O)O)nnn1CCCN1CCCC1. The molecule has 1 fully saturated rings. The molecule has 0 unspecified atom stereocenters. The number of hydrogen-bond acceptors (Lipinski definition) is 5. The molecule has 0 radical (unpaired) electrons. The van der Waals surface area contributed by atoms with E-state index in [-0.39, 0.29) is 5.69 Å². The van der Waals surface area contributed by atoms with Crippen molar-refractivity contribution in [3.63, 3.8) is 0 Å². The quantitative estimate of drug-likeness (QED) is 0.719. The summed E-state index contributed by atoms with van der Waals surface area (Å²) in [6, 6.07) is 0. The third-order valence-electron chi connectivity index (χ3n) is 3.46. The molecule has 0 amide bonds. The molecule has 1 aliphatic heterocycles. The van der Waals surface area contributed by atoms with Crippen molar-refractivity contribution >= 4 is 5.97 Å². The Morgan fingerprint density at radius 3 is 2.68 bits per heavy atom. The maximum Gasteiger partial charge on any atom is 0.358 e. The van der Waals surface area contributed by atoms with E-state index in [1.807, 2.05) is 0 Å². The number of nitrogens with zero attached hydrogens (tertiary/aromatic N) is 4. The lowest BCUT2D eigenvalue weighted by molar-refractivity contribution is 0.0689. The number of carboxylic acid groups (broad SMARTS) is 1. The maximum atomic E-state index is 11.0. The van der Waals surface area contributed by atoms with Gasteiger partial charge in [-0.1, -0.05) is 5.21 Å². The van der Waals surface area contributed by atoms with E-state index in [0.717, 1.165) is 13.0 Å². The predicted octanol–water partition coefficient (Wildman–Crippen LogP) is -0.0366. The number of aromatic nitrogens is 3. The molecule has 0 saturated carbocycles. The molecule has 19 heavy (non-hydrogen) atoms. The standard InChI is InChI=1S/C12H21N5O2/c13-5-4-10-11(12(18)19)14-15-17(10)9-3-8-16-6-1-2-7-16/h1-9,13H2,(H,18,19). The van der Waals surface area contributed by atoms with Crippen LogP contribution >= 0.6 is 0 Å². The highest BCUT2D eigenvalue weighted by molar-refractivity contribution is 5.86. The average Bonchev–Trinajstić information content (AvgIpc) is 3.00. The van der Waals surface area contributed by atoms with E-state index in [4.69, 9.17) is 10.8 Å². The van der Waals surface area contributed by atoms with E-state index in [1.165, 1.54) is 25.9 Å². The molecule has 7 nitrogen and oxygen atoms in total. The molecule has 106 valence electrons. The fourth-order valence-electron chi connectivity index (χ4n) is 2.51. The number of aryl methyl sites for hydroxylation is 1. The molecule has 0 spiro atoms. The van der Waals surface area contributed by atoms with Crippen molar-refractivity contribution < 1.29 is 9.90 Å². The first kappa shape index (κ1) is 14.0. The summed E-state index contributed by atoms with van der Waals surface area (Å²) in [6.07, 6.45) is 4.02. The van der Waals surface area contributed by atoms with Crippen molar-refractivity contribution in [1.82, 2.24) is 19.9 Å². The van der Waals surface area contributed by atoms with Gasteiger partial charge in [-0.15, -0.1) is 5.10 Å². The highest BCUT2D eigenvalue weighted by Crippen LogP contribution is 2.10. The molecular formula is C12H21N5O2. The Labute approximate surface area is 112 Å². The van der Waals surface area contributed by atoms with Gasteiger partial charge < -0.3 is 15.7 Å². The van der Waals surface area contributed by atoms with Crippen LogP contribution in [0.4, 0.5) is 0 Å². The van der Waals surface area contributed by atoms with Gasteiger partial charge >= 0.3 is 5.97 Å². The summed E-state index contributed by atoms with van der Waals surface area (Å²) >= 11 is 0. The fraction of sp³-hybridized carbons (Fsp3) is 0.750. The normalized spacial score (nSPS) is 16.1. The summed E-state index contributed by atoms with van der Waals surface area (Å²) < 4.78 is 1.69. The third kappa shape index (κ3) is 3.51. The van der Waals surface area contributed by atoms with Gasteiger partial charge in [0.25, 0.3) is 0 Å². The van der Waals surface area contributed by atoms with Crippen LogP contribution in [0.3, 0.4) is 0 Å². The van der Waals surface area contributed by atoms with Crippen molar-refractivity contribution in [2.75, 3.05) is 26.2 Å². The largest absolute Gasteiger partial charge is 0.476 e. The molecule has 1 aromatic heterocycles. The van der Waals surface area contributed by atoms with Gasteiger partial charge in [-0.3, -0.25) is 0 Å². The second kappa shape index (κ2) is 6.63. The van der Waals surface area contributed by atoms with Crippen LogP contribution in [0.15, 0.2) is 0 Å². The van der Waals surface area contributed by atoms with E-state index in [2.05, 4.69) is 15.2 Å². The second-order valence-corrected chi connectivity index (χ2v) is 4.85. The van der Waals surface area contributed by atoms with Crippen LogP contribution in [0.5, 0.6) is 0 Å². The molecule has 2 heterocycles. The summed E-state index contributed by atoms with van der Waals surface area (Å²) in [5.41, 5.74) is 6.19. The zero-order valence-corrected chi connectivity index (χ0v) is 11.1. The zero-order chi connectivity index (χ0) is 13.7. The lowest BCUT2D eigenvalue weighted by atomic mass is 10.2. The van der Waals surface area contributed by atoms with Gasteiger partial charge in [-0.25, -0.2) is 9.48 Å². The van der Waals surface area contributed by atoms with Crippen LogP contribution in [0.2, 0.25) is 0 Å². The zero-order valence-electron chi connectivity index (χ0n) is 11.1. The lowest BCUT2D eigenvalue weighted by Gasteiger charge is -2.14. The van der Waals surface area contributed by atoms with Gasteiger partial charge in [0.15, 0.2) is 5.69 Å². The van der Waals surface area contributed by atoms with Crippen LogP contribution in [0.25, 0.3) is 0 Å². The van der Waals surface area contributed by atoms with E-state index in [0.29, 0.717) is 25.2 Å². The van der Waals surface area contributed by atoms with Crippen molar-refractivity contribution in [3.05, 3.63) is 11.4 Å². The van der Waals surface area contributed by atoms with Crippen LogP contribution in [0, 0.1) is 0 Å². The first-order valence-electron chi connectivity index (χ1n) is 6.80. The molecule has 1 saturated heterocycles.